The lowest BCUT2D eigenvalue weighted by Crippen LogP contribution is -2.47. The predicted octanol–water partition coefficient (Wildman–Crippen LogP) is 1.69. The molecule has 1 saturated heterocycles. The summed E-state index contributed by atoms with van der Waals surface area (Å²) in [5, 5.41) is 10.9. The molecule has 8 nitrogen and oxygen atoms in total. The number of aryl methyl sites for hydroxylation is 1. The summed E-state index contributed by atoms with van der Waals surface area (Å²) in [6.07, 6.45) is 2.08. The van der Waals surface area contributed by atoms with E-state index in [0.717, 1.165) is 30.4 Å². The Hall–Kier alpha value is -3.03. The molecule has 0 unspecified atom stereocenters. The average Bonchev–Trinajstić information content (AvgIpc) is 3.09. The molecule has 1 aliphatic rings. The monoisotopic (exact) mass is 411 g/mol. The van der Waals surface area contributed by atoms with Gasteiger partial charge in [-0.2, -0.15) is 5.10 Å². The molecular formula is C22H33N7O. The minimum Gasteiger partial charge on any atom is -0.360 e. The number of nitrogens with one attached hydrogen (secondary N) is 2. The zero-order valence-electron chi connectivity index (χ0n) is 18.6. The third-order valence-corrected chi connectivity index (χ3v) is 5.26. The first kappa shape index (κ1) is 21.7. The van der Waals surface area contributed by atoms with E-state index in [-0.39, 0.29) is 5.91 Å². The number of guanidine groups is 1. The van der Waals surface area contributed by atoms with Crippen molar-refractivity contribution in [2.45, 2.75) is 32.9 Å². The third-order valence-electron chi connectivity index (χ3n) is 5.26. The molecule has 0 spiro atoms. The number of hydrogen-bond donors (Lipinski definition) is 2. The summed E-state index contributed by atoms with van der Waals surface area (Å²) in [5.41, 5.74) is 4.58. The highest BCUT2D eigenvalue weighted by Gasteiger charge is 2.17. The van der Waals surface area contributed by atoms with Crippen molar-refractivity contribution in [1.29, 1.82) is 0 Å². The fourth-order valence-corrected chi connectivity index (χ4v) is 3.74. The molecule has 0 bridgehead atoms. The van der Waals surface area contributed by atoms with Gasteiger partial charge in [-0.25, -0.2) is 0 Å². The smallest absolute Gasteiger partial charge is 0.239 e. The quantitative estimate of drug-likeness (QED) is 0.559. The van der Waals surface area contributed by atoms with Gasteiger partial charge in [0, 0.05) is 64.8 Å². The van der Waals surface area contributed by atoms with Crippen molar-refractivity contribution in [3.05, 3.63) is 47.3 Å². The Morgan fingerprint density at radius 2 is 2.07 bits per heavy atom. The highest BCUT2D eigenvalue weighted by atomic mass is 16.2. The number of amides is 1. The average molecular weight is 412 g/mol. The van der Waals surface area contributed by atoms with Gasteiger partial charge in [0.25, 0.3) is 0 Å². The molecule has 162 valence electrons. The van der Waals surface area contributed by atoms with Gasteiger partial charge >= 0.3 is 0 Å². The maximum atomic E-state index is 11.6. The number of rotatable bonds is 6. The van der Waals surface area contributed by atoms with Gasteiger partial charge in [0.05, 0.1) is 12.2 Å². The van der Waals surface area contributed by atoms with E-state index in [1.807, 2.05) is 18.8 Å². The van der Waals surface area contributed by atoms with Crippen molar-refractivity contribution in [3.63, 3.8) is 0 Å². The number of carbonyl (C=O) groups excluding carboxylic acids is 1. The summed E-state index contributed by atoms with van der Waals surface area (Å²) < 4.78 is 1.88. The van der Waals surface area contributed by atoms with Crippen LogP contribution in [-0.4, -0.2) is 60.3 Å². The summed E-state index contributed by atoms with van der Waals surface area (Å²) in [6, 6.07) is 8.35. The van der Waals surface area contributed by atoms with Gasteiger partial charge in [-0.1, -0.05) is 26.0 Å². The maximum Gasteiger partial charge on any atom is 0.239 e. The summed E-state index contributed by atoms with van der Waals surface area (Å²) in [5.74, 6) is 1.30. The second-order valence-corrected chi connectivity index (χ2v) is 8.06. The number of nitrogens with zero attached hydrogens (tertiary/aromatic N) is 5. The number of aliphatic imine (C=N–C) groups is 1. The molecule has 1 amide bonds. The normalized spacial score (nSPS) is 14.8. The molecule has 0 saturated carbocycles. The lowest BCUT2D eigenvalue weighted by atomic mass is 10.1. The number of hydrogen-bond acceptors (Lipinski definition) is 4. The van der Waals surface area contributed by atoms with E-state index in [9.17, 15) is 4.79 Å². The summed E-state index contributed by atoms with van der Waals surface area (Å²) in [7, 11) is 5.80. The molecule has 3 rings (SSSR count). The van der Waals surface area contributed by atoms with Gasteiger partial charge in [-0.15, -0.1) is 0 Å². The molecule has 1 aromatic heterocycles. The highest BCUT2D eigenvalue weighted by molar-refractivity contribution is 5.82. The Balaban J connectivity index is 1.58. The zero-order chi connectivity index (χ0) is 21.7. The van der Waals surface area contributed by atoms with Crippen molar-refractivity contribution in [2.75, 3.05) is 38.6 Å². The molecule has 2 aromatic rings. The minimum atomic E-state index is 0.0769. The second kappa shape index (κ2) is 9.65. The van der Waals surface area contributed by atoms with Gasteiger partial charge in [0.15, 0.2) is 5.96 Å². The van der Waals surface area contributed by atoms with E-state index in [4.69, 9.17) is 0 Å². The molecule has 8 heteroatoms. The fraction of sp³-hybridized carbons (Fsp3) is 0.500. The van der Waals surface area contributed by atoms with Crippen LogP contribution in [0.3, 0.4) is 0 Å². The Morgan fingerprint density at radius 1 is 1.33 bits per heavy atom. The van der Waals surface area contributed by atoms with Crippen LogP contribution in [-0.2, 0) is 24.9 Å². The van der Waals surface area contributed by atoms with E-state index in [0.29, 0.717) is 25.6 Å². The van der Waals surface area contributed by atoms with E-state index in [1.54, 1.807) is 7.05 Å². The van der Waals surface area contributed by atoms with Crippen LogP contribution in [0.4, 0.5) is 5.69 Å². The predicted molar refractivity (Wildman–Crippen MR) is 121 cm³/mol. The zero-order valence-corrected chi connectivity index (χ0v) is 18.6. The number of benzene rings is 1. The molecule has 2 N–H and O–H groups in total. The number of anilines is 1. The summed E-state index contributed by atoms with van der Waals surface area (Å²) in [4.78, 5) is 20.2. The van der Waals surface area contributed by atoms with Crippen molar-refractivity contribution in [3.8, 4) is 0 Å². The van der Waals surface area contributed by atoms with Crippen LogP contribution in [0, 0.1) is 0 Å². The Kier molecular flexibility index (Phi) is 6.97. The molecule has 0 atom stereocenters. The van der Waals surface area contributed by atoms with Gasteiger partial charge in [0.1, 0.15) is 0 Å². The van der Waals surface area contributed by atoms with E-state index >= 15 is 0 Å². The summed E-state index contributed by atoms with van der Waals surface area (Å²) in [6.45, 7) is 7.71. The molecule has 0 aliphatic carbocycles. The SMILES string of the molecule is CN=C(NCc1ccc(N2CCNC(=O)C2)cc1)N(C)Cc1cn(C)nc1C(C)C. The van der Waals surface area contributed by atoms with Crippen molar-refractivity contribution >= 4 is 17.6 Å². The molecule has 1 aliphatic heterocycles. The highest BCUT2D eigenvalue weighted by Crippen LogP contribution is 2.19. The van der Waals surface area contributed by atoms with Crippen molar-refractivity contribution in [2.24, 2.45) is 12.0 Å². The van der Waals surface area contributed by atoms with E-state index in [2.05, 4.69) is 74.8 Å². The Bertz CT molecular complexity index is 885. The lowest BCUT2D eigenvalue weighted by Gasteiger charge is -2.28. The molecule has 1 aromatic carbocycles. The minimum absolute atomic E-state index is 0.0769. The van der Waals surface area contributed by atoms with Crippen LogP contribution >= 0.6 is 0 Å². The van der Waals surface area contributed by atoms with Crippen LogP contribution in [0.25, 0.3) is 0 Å². The molecule has 2 heterocycles. The molecule has 30 heavy (non-hydrogen) atoms. The fourth-order valence-electron chi connectivity index (χ4n) is 3.74. The van der Waals surface area contributed by atoms with Gasteiger partial charge in [-0.3, -0.25) is 14.5 Å². The van der Waals surface area contributed by atoms with E-state index < -0.39 is 0 Å². The largest absolute Gasteiger partial charge is 0.360 e. The first-order valence-corrected chi connectivity index (χ1v) is 10.4. The third kappa shape index (κ3) is 5.31. The van der Waals surface area contributed by atoms with Crippen molar-refractivity contribution in [1.82, 2.24) is 25.3 Å². The first-order valence-electron chi connectivity index (χ1n) is 10.4. The number of carbonyl (C=O) groups is 1. The maximum absolute atomic E-state index is 11.6. The number of aromatic nitrogens is 2. The Morgan fingerprint density at radius 3 is 2.70 bits per heavy atom. The van der Waals surface area contributed by atoms with Crippen LogP contribution in [0.2, 0.25) is 0 Å². The number of piperazine rings is 1. The summed E-state index contributed by atoms with van der Waals surface area (Å²) >= 11 is 0. The van der Waals surface area contributed by atoms with Crippen LogP contribution < -0.4 is 15.5 Å². The van der Waals surface area contributed by atoms with E-state index in [1.165, 1.54) is 11.1 Å². The lowest BCUT2D eigenvalue weighted by molar-refractivity contribution is -0.120. The van der Waals surface area contributed by atoms with Gasteiger partial charge in [0.2, 0.25) is 5.91 Å². The van der Waals surface area contributed by atoms with Gasteiger partial charge < -0.3 is 20.4 Å². The standard InChI is InChI=1S/C22H33N7O/c1-16(2)21-18(14-28(5)26-21)13-27(4)22(23-3)25-12-17-6-8-19(9-7-17)29-11-10-24-20(30)15-29/h6-9,14,16H,10-13,15H2,1-5H3,(H,23,25)(H,24,30). The second-order valence-electron chi connectivity index (χ2n) is 8.06. The molecular weight excluding hydrogens is 378 g/mol. The Labute approximate surface area is 179 Å². The van der Waals surface area contributed by atoms with Crippen LogP contribution in [0.1, 0.15) is 36.6 Å². The van der Waals surface area contributed by atoms with Crippen molar-refractivity contribution < 1.29 is 4.79 Å². The molecule has 1 fully saturated rings. The van der Waals surface area contributed by atoms with Gasteiger partial charge in [-0.05, 0) is 23.6 Å². The molecule has 0 radical (unpaired) electrons. The topological polar surface area (TPSA) is 77.8 Å². The van der Waals surface area contributed by atoms with Crippen LogP contribution in [0.5, 0.6) is 0 Å². The van der Waals surface area contributed by atoms with Crippen LogP contribution in [0.15, 0.2) is 35.5 Å². The first-order chi connectivity index (χ1) is 14.4.